The molecule has 0 saturated carbocycles. The summed E-state index contributed by atoms with van der Waals surface area (Å²) >= 11 is 1.36. The summed E-state index contributed by atoms with van der Waals surface area (Å²) in [5, 5.41) is 2.66. The molecule has 29 heavy (non-hydrogen) atoms. The van der Waals surface area contributed by atoms with E-state index in [2.05, 4.69) is 99.1 Å². The number of benzene rings is 2. The van der Waals surface area contributed by atoms with Crippen molar-refractivity contribution in [3.8, 4) is 0 Å². The Kier molecular flexibility index (Phi) is 22.2. The van der Waals surface area contributed by atoms with Crippen molar-refractivity contribution in [2.45, 2.75) is 32.1 Å². The first-order valence-electron chi connectivity index (χ1n) is 8.82. The molecule has 0 aliphatic heterocycles. The molecule has 1 aliphatic rings. The van der Waals surface area contributed by atoms with Gasteiger partial charge in [-0.2, -0.15) is 30.4 Å². The number of hydrogen-bond donors (Lipinski definition) is 0. The fraction of sp³-hybridized carbons (Fsp3) is 0.200. The molecule has 158 valence electrons. The van der Waals surface area contributed by atoms with Crippen molar-refractivity contribution in [3.05, 3.63) is 105 Å². The van der Waals surface area contributed by atoms with Gasteiger partial charge in [0.25, 0.3) is 0 Å². The minimum absolute atomic E-state index is 0. The Morgan fingerprint density at radius 1 is 0.966 bits per heavy atom. The topological polar surface area (TPSA) is 0 Å². The summed E-state index contributed by atoms with van der Waals surface area (Å²) in [6, 6.07) is 23.4. The van der Waals surface area contributed by atoms with E-state index in [0.717, 1.165) is 0 Å². The minimum Gasteiger partial charge on any atom is -0.168 e. The molecule has 0 fully saturated rings. The molecule has 2 radical (unpaired) electrons. The van der Waals surface area contributed by atoms with Crippen LogP contribution in [0.25, 0.3) is 16.8 Å². The van der Waals surface area contributed by atoms with Crippen molar-refractivity contribution in [1.29, 1.82) is 0 Å². The summed E-state index contributed by atoms with van der Waals surface area (Å²) in [5.41, 5.74) is 2.92. The van der Waals surface area contributed by atoms with Crippen LogP contribution in [0.4, 0.5) is 0 Å². The molecule has 0 nitrogen and oxygen atoms in total. The van der Waals surface area contributed by atoms with Crippen LogP contribution in [0.3, 0.4) is 0 Å². The van der Waals surface area contributed by atoms with Gasteiger partial charge in [0.05, 0.1) is 0 Å². The number of fused-ring (bicyclic) bond motifs is 2. The van der Waals surface area contributed by atoms with Gasteiger partial charge in [-0.25, -0.2) is 0 Å². The summed E-state index contributed by atoms with van der Waals surface area (Å²) in [6.45, 7) is 5.27. The first-order valence-corrected chi connectivity index (χ1v) is 13.0. The number of rotatable bonds is 4. The second-order valence-electron chi connectivity index (χ2n) is 6.02. The molecule has 0 aromatic heterocycles. The normalized spacial score (nSPS) is 12.2. The zero-order valence-corrected chi connectivity index (χ0v) is 22.7. The Bertz CT molecular complexity index is 768. The van der Waals surface area contributed by atoms with E-state index < -0.39 is 0 Å². The molecular formula is C25H32Cl2SiZr-4. The molecular weight excluding hydrogens is 490 g/mol. The largest absolute Gasteiger partial charge is 0.168 e. The third-order valence-corrected chi connectivity index (χ3v) is 4.42. The van der Waals surface area contributed by atoms with E-state index in [1.165, 1.54) is 64.5 Å². The zero-order chi connectivity index (χ0) is 17.9. The molecule has 0 amide bonds. The van der Waals surface area contributed by atoms with Gasteiger partial charge in [-0.15, -0.1) is 54.5 Å². The second kappa shape index (κ2) is 19.4. The van der Waals surface area contributed by atoms with Crippen molar-refractivity contribution in [2.24, 2.45) is 0 Å². The fourth-order valence-corrected chi connectivity index (χ4v) is 3.15. The SMILES string of the molecule is CC[CH-]CCC1C=Cc2ccccc21.Cl.Cl.[CH3-].[CH3-].[Si]=[Zr].c1ccc2[cH-]ccc2c1. The number of unbranched alkanes of at least 4 members (excludes halogenated alkanes) is 2. The van der Waals surface area contributed by atoms with Crippen LogP contribution in [0.15, 0.2) is 72.8 Å². The predicted octanol–water partition coefficient (Wildman–Crippen LogP) is 8.11. The average molecular weight is 523 g/mol. The molecule has 0 N–H and O–H groups in total. The van der Waals surface area contributed by atoms with Crippen LogP contribution in [0.1, 0.15) is 43.2 Å². The Labute approximate surface area is 208 Å². The summed E-state index contributed by atoms with van der Waals surface area (Å²) in [4.78, 5) is 0. The summed E-state index contributed by atoms with van der Waals surface area (Å²) in [7, 11) is 0. The predicted molar refractivity (Wildman–Crippen MR) is 135 cm³/mol. The first-order chi connectivity index (χ1) is 12.4. The monoisotopic (exact) mass is 520 g/mol. The molecule has 1 atom stereocenters. The van der Waals surface area contributed by atoms with Crippen molar-refractivity contribution in [1.82, 2.24) is 0 Å². The number of allylic oxidation sites excluding steroid dienone is 1. The van der Waals surface area contributed by atoms with E-state index in [0.29, 0.717) is 5.92 Å². The third-order valence-electron chi connectivity index (χ3n) is 4.42. The van der Waals surface area contributed by atoms with Crippen molar-refractivity contribution < 1.29 is 23.3 Å². The number of halogens is 2. The maximum atomic E-state index is 3.06. The smallest absolute Gasteiger partial charge is 0.0809 e. The Morgan fingerprint density at radius 3 is 2.31 bits per heavy atom. The average Bonchev–Trinajstić information content (AvgIpc) is 3.31. The fourth-order valence-electron chi connectivity index (χ4n) is 3.15. The van der Waals surface area contributed by atoms with E-state index in [9.17, 15) is 0 Å². The molecule has 4 heteroatoms. The Hall–Kier alpha value is -0.530. The van der Waals surface area contributed by atoms with Crippen LogP contribution >= 0.6 is 24.8 Å². The first kappa shape index (κ1) is 33.1. The quantitative estimate of drug-likeness (QED) is 0.184. The molecule has 0 bridgehead atoms. The van der Waals surface area contributed by atoms with Gasteiger partial charge in [-0.3, -0.25) is 0 Å². The molecule has 0 spiro atoms. The van der Waals surface area contributed by atoms with E-state index >= 15 is 0 Å². The maximum Gasteiger partial charge on any atom is -0.0809 e. The van der Waals surface area contributed by atoms with Crippen LogP contribution in [0.2, 0.25) is 0 Å². The molecule has 3 aromatic rings. The molecule has 0 heterocycles. The van der Waals surface area contributed by atoms with Crippen molar-refractivity contribution in [2.75, 3.05) is 0 Å². The van der Waals surface area contributed by atoms with Crippen LogP contribution in [0.5, 0.6) is 0 Å². The minimum atomic E-state index is 0. The van der Waals surface area contributed by atoms with E-state index in [1.807, 2.05) is 0 Å². The van der Waals surface area contributed by atoms with Gasteiger partial charge in [-0.1, -0.05) is 55.8 Å². The molecule has 1 aliphatic carbocycles. The van der Waals surface area contributed by atoms with Gasteiger partial charge in [0.15, 0.2) is 0 Å². The molecule has 4 rings (SSSR count). The van der Waals surface area contributed by atoms with Gasteiger partial charge in [0, 0.05) is 5.92 Å². The second-order valence-corrected chi connectivity index (χ2v) is 6.02. The molecule has 1 unspecified atom stereocenters. The standard InChI is InChI=1S/C14H17.C9H7.2CH3.2ClH.Si.Zr/c1-2-3-4-7-12-10-11-13-8-5-6-9-14(12)13;1-2-5-9-7-3-6-8(9)4-1;;;;;;/h3,5-6,8-12H,2,4,7H2,1H3;1-7H;2*1H3;2*1H;;/q4*-1;;;;. The zero-order valence-electron chi connectivity index (χ0n) is 17.6. The van der Waals surface area contributed by atoms with Crippen molar-refractivity contribution >= 4 is 48.5 Å². The van der Waals surface area contributed by atoms with E-state index in [4.69, 9.17) is 0 Å². The maximum absolute atomic E-state index is 3.06. The summed E-state index contributed by atoms with van der Waals surface area (Å²) < 4.78 is 0. The van der Waals surface area contributed by atoms with E-state index in [-0.39, 0.29) is 39.7 Å². The third kappa shape index (κ3) is 10.4. The van der Waals surface area contributed by atoms with Crippen LogP contribution in [-0.4, -0.2) is 6.88 Å². The van der Waals surface area contributed by atoms with Crippen LogP contribution in [-0.2, 0) is 23.3 Å². The van der Waals surface area contributed by atoms with Gasteiger partial charge >= 0.3 is 30.2 Å². The van der Waals surface area contributed by atoms with Crippen molar-refractivity contribution in [3.63, 3.8) is 0 Å². The van der Waals surface area contributed by atoms with Crippen LogP contribution < -0.4 is 0 Å². The Morgan fingerprint density at radius 2 is 1.62 bits per heavy atom. The molecule has 3 aromatic carbocycles. The van der Waals surface area contributed by atoms with Gasteiger partial charge < -0.3 is 21.3 Å². The molecule has 0 saturated heterocycles. The summed E-state index contributed by atoms with van der Waals surface area (Å²) in [5.74, 6) is 0.661. The Balaban J connectivity index is -0.000000400. The number of hydrogen-bond acceptors (Lipinski definition) is 0. The van der Waals surface area contributed by atoms with Gasteiger partial charge in [0.1, 0.15) is 0 Å². The van der Waals surface area contributed by atoms with Gasteiger partial charge in [-0.05, 0) is 11.1 Å². The summed E-state index contributed by atoms with van der Waals surface area (Å²) in [6.07, 6.45) is 10.7. The van der Waals surface area contributed by atoms with Gasteiger partial charge in [0.2, 0.25) is 0 Å². The van der Waals surface area contributed by atoms with Crippen LogP contribution in [0, 0.1) is 21.3 Å². The van der Waals surface area contributed by atoms with E-state index in [1.54, 1.807) is 0 Å².